The molecule has 0 aliphatic heterocycles. The van der Waals surface area contributed by atoms with Crippen LogP contribution in [0.4, 0.5) is 19.6 Å². The molecule has 0 radical (unpaired) electrons. The summed E-state index contributed by atoms with van der Waals surface area (Å²) >= 11 is 3.21. The lowest BCUT2D eigenvalue weighted by atomic mass is 10.00. The van der Waals surface area contributed by atoms with Crippen molar-refractivity contribution in [3.63, 3.8) is 0 Å². The first-order valence-corrected chi connectivity index (χ1v) is 15.3. The number of carbonyl (C=O) groups is 1. The van der Waals surface area contributed by atoms with Gasteiger partial charge >= 0.3 is 0 Å². The number of ether oxygens (including phenoxy) is 2. The molecule has 0 unspecified atom stereocenters. The summed E-state index contributed by atoms with van der Waals surface area (Å²) in [6, 6.07) is 5.68. The summed E-state index contributed by atoms with van der Waals surface area (Å²) in [7, 11) is 1.36. The Morgan fingerprint density at radius 1 is 1.21 bits per heavy atom. The lowest BCUT2D eigenvalue weighted by Crippen LogP contribution is -2.20. The smallest absolute Gasteiger partial charge is 0.280 e. The molecule has 4 aromatic rings. The van der Waals surface area contributed by atoms with E-state index in [9.17, 15) is 18.4 Å². The number of aromatic nitrogens is 5. The zero-order chi connectivity index (χ0) is 30.3. The minimum atomic E-state index is -2.87. The lowest BCUT2D eigenvalue weighted by Gasteiger charge is -2.15. The standard InChI is InChI=1S/C28H24F2IN7O4S/c1-41-22-14-33-21(26(29)30)11-19(22)18-12-23(38-8-6-17(10-25(38)39)32-7-9-42-15-31)34-13-20(18)27(40)35-28-37-36-24(43-28)5-4-16-2-3-16/h6,8,10-14,16,26,32H,2-3,7,9,15H2,1H3,(H,35,37,40). The van der Waals surface area contributed by atoms with Crippen molar-refractivity contribution in [3.05, 3.63) is 69.5 Å². The molecule has 2 N–H and O–H groups in total. The fraction of sp³-hybridized carbons (Fsp3) is 0.286. The van der Waals surface area contributed by atoms with Gasteiger partial charge in [-0.1, -0.05) is 39.8 Å². The van der Waals surface area contributed by atoms with Gasteiger partial charge in [-0.05, 0) is 37.0 Å². The highest BCUT2D eigenvalue weighted by Crippen LogP contribution is 2.35. The number of methoxy groups -OCH3 is 1. The van der Waals surface area contributed by atoms with Crippen molar-refractivity contribution in [1.29, 1.82) is 0 Å². The summed E-state index contributed by atoms with van der Waals surface area (Å²) < 4.78 is 39.8. The molecule has 0 bridgehead atoms. The Labute approximate surface area is 262 Å². The molecule has 1 saturated carbocycles. The van der Waals surface area contributed by atoms with Crippen molar-refractivity contribution in [2.75, 3.05) is 35.5 Å². The summed E-state index contributed by atoms with van der Waals surface area (Å²) in [5.74, 6) is 6.10. The predicted molar refractivity (Wildman–Crippen MR) is 165 cm³/mol. The van der Waals surface area contributed by atoms with Crippen LogP contribution in [0.25, 0.3) is 16.9 Å². The number of anilines is 2. The SMILES string of the molecule is COc1cnc(C(F)F)cc1-c1cc(-n2ccc(NCCOCI)cc2=O)ncc1C(=O)Nc1nnc(C#CC2CC2)s1. The van der Waals surface area contributed by atoms with Crippen molar-refractivity contribution in [2.24, 2.45) is 5.92 Å². The zero-order valence-electron chi connectivity index (χ0n) is 22.6. The molecule has 1 aliphatic carbocycles. The summed E-state index contributed by atoms with van der Waals surface area (Å²) in [5.41, 5.74) is 0.0474. The predicted octanol–water partition coefficient (Wildman–Crippen LogP) is 4.93. The summed E-state index contributed by atoms with van der Waals surface area (Å²) in [4.78, 5) is 34.6. The number of halogens is 3. The Bertz CT molecular complexity index is 1750. The van der Waals surface area contributed by atoms with Gasteiger partial charge in [-0.3, -0.25) is 24.5 Å². The molecule has 4 heterocycles. The number of rotatable bonds is 11. The first kappa shape index (κ1) is 30.4. The molecule has 5 rings (SSSR count). The molecule has 0 spiro atoms. The molecule has 0 aromatic carbocycles. The number of hydrogen-bond donors (Lipinski definition) is 2. The van der Waals surface area contributed by atoms with Crippen molar-refractivity contribution >= 4 is 50.7 Å². The molecule has 15 heteroatoms. The second kappa shape index (κ2) is 14.0. The van der Waals surface area contributed by atoms with Crippen molar-refractivity contribution in [1.82, 2.24) is 24.7 Å². The van der Waals surface area contributed by atoms with Crippen LogP contribution in [-0.4, -0.2) is 55.5 Å². The Morgan fingerprint density at radius 2 is 2.05 bits per heavy atom. The molecule has 1 aliphatic rings. The van der Waals surface area contributed by atoms with Gasteiger partial charge in [-0.2, -0.15) is 0 Å². The van der Waals surface area contributed by atoms with Crippen LogP contribution >= 0.6 is 33.9 Å². The molecular weight excluding hydrogens is 695 g/mol. The van der Waals surface area contributed by atoms with Crippen molar-refractivity contribution in [2.45, 2.75) is 19.3 Å². The van der Waals surface area contributed by atoms with E-state index in [-0.39, 0.29) is 33.4 Å². The largest absolute Gasteiger partial charge is 0.494 e. The molecule has 11 nitrogen and oxygen atoms in total. The van der Waals surface area contributed by atoms with Gasteiger partial charge in [0, 0.05) is 47.7 Å². The fourth-order valence-corrected chi connectivity index (χ4v) is 4.82. The van der Waals surface area contributed by atoms with Gasteiger partial charge in [0.2, 0.25) is 5.13 Å². The van der Waals surface area contributed by atoms with Crippen molar-refractivity contribution in [3.8, 4) is 34.5 Å². The molecule has 1 amide bonds. The van der Waals surface area contributed by atoms with Crippen molar-refractivity contribution < 1.29 is 23.0 Å². The van der Waals surface area contributed by atoms with E-state index in [0.29, 0.717) is 34.4 Å². The Kier molecular flexibility index (Phi) is 9.89. The lowest BCUT2D eigenvalue weighted by molar-refractivity contribution is 0.102. The van der Waals surface area contributed by atoms with E-state index in [0.717, 1.165) is 36.4 Å². The second-order valence-electron chi connectivity index (χ2n) is 9.18. The zero-order valence-corrected chi connectivity index (χ0v) is 25.6. The first-order chi connectivity index (χ1) is 20.9. The average molecular weight is 720 g/mol. The molecule has 43 heavy (non-hydrogen) atoms. The number of carbonyl (C=O) groups excluding carboxylic acids is 1. The van der Waals surface area contributed by atoms with E-state index in [4.69, 9.17) is 9.47 Å². The number of nitrogens with zero attached hydrogens (tertiary/aromatic N) is 5. The maximum atomic E-state index is 13.7. The molecular formula is C28H24F2IN7O4S. The van der Waals surface area contributed by atoms with Gasteiger partial charge in [0.05, 0.1) is 30.1 Å². The monoisotopic (exact) mass is 719 g/mol. The number of nitrogens with one attached hydrogen (secondary N) is 2. The van der Waals surface area contributed by atoms with Crippen LogP contribution in [0.1, 0.15) is 40.3 Å². The van der Waals surface area contributed by atoms with Gasteiger partial charge < -0.3 is 14.8 Å². The average Bonchev–Trinajstić information content (AvgIpc) is 3.74. The Morgan fingerprint density at radius 3 is 2.77 bits per heavy atom. The van der Waals surface area contributed by atoms with E-state index in [1.807, 2.05) is 0 Å². The Hall–Kier alpha value is -4.01. The van der Waals surface area contributed by atoms with Crippen LogP contribution in [0.5, 0.6) is 5.75 Å². The number of alkyl halides is 3. The Balaban J connectivity index is 1.51. The van der Waals surface area contributed by atoms with E-state index in [1.165, 1.54) is 36.2 Å². The normalized spacial score (nSPS) is 12.5. The molecule has 0 saturated heterocycles. The van der Waals surface area contributed by atoms with E-state index < -0.39 is 23.6 Å². The van der Waals surface area contributed by atoms with Crippen LogP contribution < -0.4 is 20.9 Å². The van der Waals surface area contributed by atoms with E-state index in [1.54, 1.807) is 6.07 Å². The van der Waals surface area contributed by atoms with Gasteiger partial charge in [0.25, 0.3) is 17.9 Å². The highest BCUT2D eigenvalue weighted by Gasteiger charge is 2.22. The molecule has 222 valence electrons. The van der Waals surface area contributed by atoms with Crippen LogP contribution in [0, 0.1) is 17.8 Å². The molecule has 0 atom stereocenters. The van der Waals surface area contributed by atoms with Gasteiger partial charge in [0.15, 0.2) is 5.01 Å². The van der Waals surface area contributed by atoms with Crippen LogP contribution in [0.15, 0.2) is 47.7 Å². The summed E-state index contributed by atoms with van der Waals surface area (Å²) in [6.07, 6.45) is 3.20. The minimum absolute atomic E-state index is 0.0240. The number of hydrogen-bond acceptors (Lipinski definition) is 10. The van der Waals surface area contributed by atoms with Crippen LogP contribution in [-0.2, 0) is 4.74 Å². The second-order valence-corrected chi connectivity index (χ2v) is 10.8. The van der Waals surface area contributed by atoms with E-state index >= 15 is 0 Å². The third kappa shape index (κ3) is 7.69. The number of amides is 1. The third-order valence-corrected chi connectivity index (χ3v) is 7.38. The maximum Gasteiger partial charge on any atom is 0.280 e. The fourth-order valence-electron chi connectivity index (χ4n) is 3.91. The highest BCUT2D eigenvalue weighted by atomic mass is 127. The summed E-state index contributed by atoms with van der Waals surface area (Å²) in [5, 5.41) is 14.4. The van der Waals surface area contributed by atoms with Crippen LogP contribution in [0.3, 0.4) is 0 Å². The topological polar surface area (TPSA) is 133 Å². The third-order valence-electron chi connectivity index (χ3n) is 6.18. The van der Waals surface area contributed by atoms with Crippen LogP contribution in [0.2, 0.25) is 0 Å². The first-order valence-electron chi connectivity index (χ1n) is 13.0. The highest BCUT2D eigenvalue weighted by molar-refractivity contribution is 14.1. The van der Waals surface area contributed by atoms with E-state index in [2.05, 4.69) is 65.2 Å². The van der Waals surface area contributed by atoms with Gasteiger partial charge in [-0.25, -0.2) is 13.8 Å². The van der Waals surface area contributed by atoms with Gasteiger partial charge in [-0.15, -0.1) is 10.2 Å². The molecule has 1 fully saturated rings. The quantitative estimate of drug-likeness (QED) is 0.0959. The minimum Gasteiger partial charge on any atom is -0.494 e. The molecule has 4 aromatic heterocycles. The maximum absolute atomic E-state index is 13.7. The summed E-state index contributed by atoms with van der Waals surface area (Å²) in [6.45, 7) is 0.983. The number of pyridine rings is 3. The van der Waals surface area contributed by atoms with Gasteiger partial charge in [0.1, 0.15) is 17.3 Å².